The molecule has 0 radical (unpaired) electrons. The lowest BCUT2D eigenvalue weighted by Gasteiger charge is -2.16. The number of carbonyl (C=O) groups excluding carboxylic acids is 1. The molecule has 4 heteroatoms. The van der Waals surface area contributed by atoms with Crippen molar-refractivity contribution in [2.75, 3.05) is 19.7 Å². The van der Waals surface area contributed by atoms with Crippen molar-refractivity contribution in [1.82, 2.24) is 10.6 Å². The number of carbonyl (C=O) groups is 1. The molecule has 2 N–H and O–H groups in total. The van der Waals surface area contributed by atoms with Crippen LogP contribution in [-0.2, 0) is 9.53 Å². The summed E-state index contributed by atoms with van der Waals surface area (Å²) in [6.45, 7) is 8.57. The first-order valence-electron chi connectivity index (χ1n) is 6.72. The Morgan fingerprint density at radius 3 is 2.82 bits per heavy atom. The lowest BCUT2D eigenvalue weighted by Crippen LogP contribution is -2.41. The third-order valence-electron chi connectivity index (χ3n) is 3.12. The van der Waals surface area contributed by atoms with E-state index < -0.39 is 0 Å². The van der Waals surface area contributed by atoms with E-state index in [1.54, 1.807) is 0 Å². The zero-order chi connectivity index (χ0) is 12.7. The molecule has 1 rings (SSSR count). The number of nitrogens with one attached hydrogen (secondary N) is 2. The van der Waals surface area contributed by atoms with E-state index in [1.807, 2.05) is 6.92 Å². The second kappa shape index (κ2) is 7.67. The van der Waals surface area contributed by atoms with Gasteiger partial charge < -0.3 is 15.4 Å². The van der Waals surface area contributed by atoms with E-state index in [1.165, 1.54) is 6.42 Å². The van der Waals surface area contributed by atoms with Gasteiger partial charge in [0.2, 0.25) is 5.91 Å². The maximum absolute atomic E-state index is 11.7. The van der Waals surface area contributed by atoms with Gasteiger partial charge in [0.25, 0.3) is 0 Å². The maximum atomic E-state index is 11.7. The van der Waals surface area contributed by atoms with Gasteiger partial charge in [-0.05, 0) is 38.6 Å². The normalized spacial score (nSPS) is 21.8. The topological polar surface area (TPSA) is 50.4 Å². The predicted octanol–water partition coefficient (Wildman–Crippen LogP) is 1.31. The summed E-state index contributed by atoms with van der Waals surface area (Å²) in [6.07, 6.45) is 3.03. The maximum Gasteiger partial charge on any atom is 0.248 e. The van der Waals surface area contributed by atoms with Crippen LogP contribution < -0.4 is 10.6 Å². The highest BCUT2D eigenvalue weighted by Gasteiger charge is 2.17. The molecule has 17 heavy (non-hydrogen) atoms. The Bertz CT molecular complexity index is 225. The summed E-state index contributed by atoms with van der Waals surface area (Å²) in [7, 11) is 0. The number of hydrogen-bond acceptors (Lipinski definition) is 3. The lowest BCUT2D eigenvalue weighted by atomic mass is 10.1. The molecular formula is C13H26N2O2. The van der Waals surface area contributed by atoms with Crippen molar-refractivity contribution in [2.24, 2.45) is 5.92 Å². The Morgan fingerprint density at radius 1 is 1.47 bits per heavy atom. The summed E-state index contributed by atoms with van der Waals surface area (Å²) >= 11 is 0. The van der Waals surface area contributed by atoms with Crippen molar-refractivity contribution in [3.8, 4) is 0 Å². The highest BCUT2D eigenvalue weighted by molar-refractivity contribution is 5.80. The average molecular weight is 242 g/mol. The molecule has 1 aliphatic heterocycles. The lowest BCUT2D eigenvalue weighted by molar-refractivity contribution is -0.132. The molecule has 0 aromatic heterocycles. The SMILES string of the molecule is CC(C)CCOC(C)C(=O)NCC1CCCN1. The fourth-order valence-electron chi connectivity index (χ4n) is 1.85. The van der Waals surface area contributed by atoms with E-state index in [-0.39, 0.29) is 12.0 Å². The van der Waals surface area contributed by atoms with Crippen LogP contribution >= 0.6 is 0 Å². The smallest absolute Gasteiger partial charge is 0.248 e. The van der Waals surface area contributed by atoms with Gasteiger partial charge in [-0.15, -0.1) is 0 Å². The molecule has 1 aliphatic rings. The Hall–Kier alpha value is -0.610. The standard InChI is InChI=1S/C13H26N2O2/c1-10(2)6-8-17-11(3)13(16)15-9-12-5-4-7-14-12/h10-12,14H,4-9H2,1-3H3,(H,15,16). The molecule has 2 unspecified atom stereocenters. The van der Waals surface area contributed by atoms with Gasteiger partial charge in [0.05, 0.1) is 0 Å². The molecule has 0 aromatic rings. The van der Waals surface area contributed by atoms with E-state index in [2.05, 4.69) is 24.5 Å². The van der Waals surface area contributed by atoms with Crippen molar-refractivity contribution in [3.63, 3.8) is 0 Å². The first-order chi connectivity index (χ1) is 8.09. The summed E-state index contributed by atoms with van der Waals surface area (Å²) in [5, 5.41) is 6.29. The third kappa shape index (κ3) is 6.03. The highest BCUT2D eigenvalue weighted by Crippen LogP contribution is 2.04. The predicted molar refractivity (Wildman–Crippen MR) is 68.9 cm³/mol. The third-order valence-corrected chi connectivity index (χ3v) is 3.12. The molecule has 0 aromatic carbocycles. The molecule has 100 valence electrons. The summed E-state index contributed by atoms with van der Waals surface area (Å²) < 4.78 is 5.50. The van der Waals surface area contributed by atoms with E-state index in [0.29, 0.717) is 18.6 Å². The Kier molecular flexibility index (Phi) is 6.52. The van der Waals surface area contributed by atoms with Crippen molar-refractivity contribution in [1.29, 1.82) is 0 Å². The van der Waals surface area contributed by atoms with E-state index in [0.717, 1.165) is 25.9 Å². The molecule has 0 spiro atoms. The minimum absolute atomic E-state index is 0.00227. The van der Waals surface area contributed by atoms with Gasteiger partial charge in [0.15, 0.2) is 0 Å². The van der Waals surface area contributed by atoms with Crippen LogP contribution in [0, 0.1) is 5.92 Å². The van der Waals surface area contributed by atoms with E-state index >= 15 is 0 Å². The van der Waals surface area contributed by atoms with Crippen molar-refractivity contribution < 1.29 is 9.53 Å². The number of hydrogen-bond donors (Lipinski definition) is 2. The second-order valence-corrected chi connectivity index (χ2v) is 5.23. The summed E-state index contributed by atoms with van der Waals surface area (Å²) in [6, 6.07) is 0.446. The fraction of sp³-hybridized carbons (Fsp3) is 0.923. The van der Waals surface area contributed by atoms with Gasteiger partial charge in [0, 0.05) is 19.2 Å². The van der Waals surface area contributed by atoms with E-state index in [4.69, 9.17) is 4.74 Å². The molecular weight excluding hydrogens is 216 g/mol. The minimum atomic E-state index is -0.338. The van der Waals surface area contributed by atoms with Crippen LogP contribution in [0.4, 0.5) is 0 Å². The molecule has 1 saturated heterocycles. The van der Waals surface area contributed by atoms with Gasteiger partial charge >= 0.3 is 0 Å². The van der Waals surface area contributed by atoms with Crippen LogP contribution in [-0.4, -0.2) is 37.7 Å². The molecule has 0 bridgehead atoms. The fourth-order valence-corrected chi connectivity index (χ4v) is 1.85. The zero-order valence-electron chi connectivity index (χ0n) is 11.3. The minimum Gasteiger partial charge on any atom is -0.369 e. The van der Waals surface area contributed by atoms with Gasteiger partial charge in [-0.2, -0.15) is 0 Å². The van der Waals surface area contributed by atoms with Crippen molar-refractivity contribution >= 4 is 5.91 Å². The van der Waals surface area contributed by atoms with Crippen LogP contribution in [0.25, 0.3) is 0 Å². The van der Waals surface area contributed by atoms with Crippen LogP contribution in [0.2, 0.25) is 0 Å². The molecule has 1 amide bonds. The van der Waals surface area contributed by atoms with Gasteiger partial charge in [-0.25, -0.2) is 0 Å². The van der Waals surface area contributed by atoms with Crippen LogP contribution in [0.3, 0.4) is 0 Å². The monoisotopic (exact) mass is 242 g/mol. The van der Waals surface area contributed by atoms with Crippen LogP contribution in [0.1, 0.15) is 40.0 Å². The van der Waals surface area contributed by atoms with Crippen LogP contribution in [0.5, 0.6) is 0 Å². The van der Waals surface area contributed by atoms with Crippen molar-refractivity contribution in [3.05, 3.63) is 0 Å². The average Bonchev–Trinajstić information content (AvgIpc) is 2.78. The Morgan fingerprint density at radius 2 is 2.24 bits per heavy atom. The van der Waals surface area contributed by atoms with Gasteiger partial charge in [-0.1, -0.05) is 13.8 Å². The van der Waals surface area contributed by atoms with Crippen molar-refractivity contribution in [2.45, 2.75) is 52.2 Å². The summed E-state index contributed by atoms with van der Waals surface area (Å²) in [5.41, 5.74) is 0. The summed E-state index contributed by atoms with van der Waals surface area (Å²) in [4.78, 5) is 11.7. The largest absolute Gasteiger partial charge is 0.369 e. The van der Waals surface area contributed by atoms with Crippen LogP contribution in [0.15, 0.2) is 0 Å². The number of rotatable bonds is 7. The number of ether oxygens (including phenoxy) is 1. The van der Waals surface area contributed by atoms with Gasteiger partial charge in [-0.3, -0.25) is 4.79 Å². The highest BCUT2D eigenvalue weighted by atomic mass is 16.5. The zero-order valence-corrected chi connectivity index (χ0v) is 11.3. The molecule has 2 atom stereocenters. The molecule has 1 heterocycles. The number of amides is 1. The molecule has 0 aliphatic carbocycles. The summed E-state index contributed by atoms with van der Waals surface area (Å²) in [5.74, 6) is 0.621. The quantitative estimate of drug-likeness (QED) is 0.707. The second-order valence-electron chi connectivity index (χ2n) is 5.23. The molecule has 0 saturated carbocycles. The van der Waals surface area contributed by atoms with Gasteiger partial charge in [0.1, 0.15) is 6.10 Å². The first-order valence-corrected chi connectivity index (χ1v) is 6.72. The van der Waals surface area contributed by atoms with E-state index in [9.17, 15) is 4.79 Å². The molecule has 4 nitrogen and oxygen atoms in total. The molecule has 1 fully saturated rings. The Labute approximate surface area is 104 Å². The first kappa shape index (κ1) is 14.5. The Balaban J connectivity index is 2.08.